The number of likely N-dealkylation sites (tertiary alicyclic amines) is 1. The number of rotatable bonds is 3. The highest BCUT2D eigenvalue weighted by Gasteiger charge is 2.46. The third-order valence-corrected chi connectivity index (χ3v) is 3.90. The van der Waals surface area contributed by atoms with E-state index in [2.05, 4.69) is 37.9 Å². The molecule has 2 fully saturated rings. The summed E-state index contributed by atoms with van der Waals surface area (Å²) in [6, 6.07) is 2.26. The number of nitrogens with one attached hydrogen (secondary N) is 1. The summed E-state index contributed by atoms with van der Waals surface area (Å²) in [5, 5.41) is 3.79. The van der Waals surface area contributed by atoms with E-state index in [0.717, 1.165) is 12.1 Å². The maximum absolute atomic E-state index is 3.79. The molecule has 0 aromatic heterocycles. The lowest BCUT2D eigenvalue weighted by molar-refractivity contribution is 0.267. The van der Waals surface area contributed by atoms with Gasteiger partial charge in [-0.25, -0.2) is 0 Å². The van der Waals surface area contributed by atoms with Crippen LogP contribution in [0.25, 0.3) is 0 Å². The van der Waals surface area contributed by atoms with Crippen molar-refractivity contribution in [3.63, 3.8) is 0 Å². The largest absolute Gasteiger partial charge is 0.309 e. The molecule has 2 heteroatoms. The Balaban J connectivity index is 1.75. The number of hydrogen-bond donors (Lipinski definition) is 1. The molecule has 0 radical (unpaired) electrons. The molecule has 1 saturated carbocycles. The van der Waals surface area contributed by atoms with E-state index in [4.69, 9.17) is 0 Å². The van der Waals surface area contributed by atoms with Crippen LogP contribution in [0, 0.1) is 5.41 Å². The van der Waals surface area contributed by atoms with Crippen LogP contribution in [0.1, 0.15) is 40.5 Å². The van der Waals surface area contributed by atoms with Gasteiger partial charge in [-0.2, -0.15) is 0 Å². The summed E-state index contributed by atoms with van der Waals surface area (Å²) in [6.45, 7) is 11.8. The van der Waals surface area contributed by atoms with Crippen LogP contribution in [0.2, 0.25) is 0 Å². The van der Waals surface area contributed by atoms with Crippen molar-refractivity contribution in [3.8, 4) is 0 Å². The molecule has 0 aromatic carbocycles. The fraction of sp³-hybridized carbons (Fsp3) is 1.00. The van der Waals surface area contributed by atoms with Crippen molar-refractivity contribution in [1.82, 2.24) is 10.2 Å². The first-order valence-electron chi connectivity index (χ1n) is 5.99. The molecule has 1 N–H and O–H groups in total. The molecule has 82 valence electrons. The van der Waals surface area contributed by atoms with Crippen LogP contribution in [-0.2, 0) is 0 Å². The second-order valence-corrected chi connectivity index (χ2v) is 5.99. The second-order valence-electron chi connectivity index (χ2n) is 5.99. The van der Waals surface area contributed by atoms with Crippen molar-refractivity contribution in [3.05, 3.63) is 0 Å². The molecule has 0 aromatic rings. The fourth-order valence-corrected chi connectivity index (χ4v) is 2.43. The first-order valence-corrected chi connectivity index (χ1v) is 5.99. The molecule has 2 unspecified atom stereocenters. The zero-order valence-electron chi connectivity index (χ0n) is 10.0. The van der Waals surface area contributed by atoms with Gasteiger partial charge < -0.3 is 5.32 Å². The van der Waals surface area contributed by atoms with E-state index < -0.39 is 0 Å². The molecule has 1 saturated heterocycles. The van der Waals surface area contributed by atoms with Crippen LogP contribution in [0.15, 0.2) is 0 Å². The second kappa shape index (κ2) is 3.49. The molecule has 2 nitrogen and oxygen atoms in total. The van der Waals surface area contributed by atoms with Crippen molar-refractivity contribution in [1.29, 1.82) is 0 Å². The maximum atomic E-state index is 3.79. The highest BCUT2D eigenvalue weighted by Crippen LogP contribution is 2.45. The molecule has 2 aliphatic rings. The van der Waals surface area contributed by atoms with E-state index in [1.807, 2.05) is 0 Å². The molecule has 2 rings (SSSR count). The molecular formula is C12H24N2. The summed E-state index contributed by atoms with van der Waals surface area (Å²) in [4.78, 5) is 2.58. The molecule has 1 heterocycles. The Labute approximate surface area is 88.1 Å². The van der Waals surface area contributed by atoms with Gasteiger partial charge in [0.1, 0.15) is 0 Å². The Hall–Kier alpha value is -0.0800. The summed E-state index contributed by atoms with van der Waals surface area (Å²) in [6.07, 6.45) is 2.70. The Morgan fingerprint density at radius 1 is 1.36 bits per heavy atom. The van der Waals surface area contributed by atoms with Gasteiger partial charge in [-0.15, -0.1) is 0 Å². The maximum Gasteiger partial charge on any atom is 0.0210 e. The lowest BCUT2D eigenvalue weighted by Crippen LogP contribution is -2.37. The van der Waals surface area contributed by atoms with Gasteiger partial charge >= 0.3 is 0 Å². The number of hydrogen-bond acceptors (Lipinski definition) is 2. The van der Waals surface area contributed by atoms with E-state index in [1.54, 1.807) is 0 Å². The van der Waals surface area contributed by atoms with E-state index in [9.17, 15) is 0 Å². The van der Waals surface area contributed by atoms with Crippen molar-refractivity contribution >= 4 is 0 Å². The minimum Gasteiger partial charge on any atom is -0.309 e. The smallest absolute Gasteiger partial charge is 0.0210 e. The van der Waals surface area contributed by atoms with Crippen LogP contribution in [0.5, 0.6) is 0 Å². The zero-order valence-corrected chi connectivity index (χ0v) is 10.0. The third-order valence-electron chi connectivity index (χ3n) is 3.90. The van der Waals surface area contributed by atoms with Gasteiger partial charge in [0.15, 0.2) is 0 Å². The van der Waals surface area contributed by atoms with Crippen LogP contribution in [-0.4, -0.2) is 36.1 Å². The van der Waals surface area contributed by atoms with Crippen LogP contribution < -0.4 is 5.32 Å². The molecule has 1 aliphatic heterocycles. The Bertz CT molecular complexity index is 210. The predicted molar refractivity (Wildman–Crippen MR) is 60.4 cm³/mol. The van der Waals surface area contributed by atoms with Gasteiger partial charge in [0.25, 0.3) is 0 Å². The van der Waals surface area contributed by atoms with Crippen LogP contribution in [0.3, 0.4) is 0 Å². The molecule has 1 aliphatic carbocycles. The quantitative estimate of drug-likeness (QED) is 0.741. The van der Waals surface area contributed by atoms with Crippen LogP contribution in [0.4, 0.5) is 0 Å². The average Bonchev–Trinajstić information content (AvgIpc) is 2.51. The minimum absolute atomic E-state index is 0.575. The Kier molecular flexibility index (Phi) is 2.61. The Morgan fingerprint density at radius 2 is 2.00 bits per heavy atom. The van der Waals surface area contributed by atoms with Gasteiger partial charge in [-0.1, -0.05) is 13.8 Å². The molecular weight excluding hydrogens is 172 g/mol. The molecule has 0 amide bonds. The molecule has 0 spiro atoms. The molecule has 2 atom stereocenters. The summed E-state index contributed by atoms with van der Waals surface area (Å²) in [5.41, 5.74) is 0.575. The van der Waals surface area contributed by atoms with Crippen molar-refractivity contribution in [2.75, 3.05) is 13.1 Å². The predicted octanol–water partition coefficient (Wildman–Crippen LogP) is 1.86. The molecule has 0 bridgehead atoms. The van der Waals surface area contributed by atoms with Crippen molar-refractivity contribution in [2.24, 2.45) is 5.41 Å². The topological polar surface area (TPSA) is 15.3 Å². The summed E-state index contributed by atoms with van der Waals surface area (Å²) < 4.78 is 0. The van der Waals surface area contributed by atoms with Gasteiger partial charge in [0.05, 0.1) is 0 Å². The first-order chi connectivity index (χ1) is 6.49. The van der Waals surface area contributed by atoms with Crippen molar-refractivity contribution in [2.45, 2.75) is 58.7 Å². The highest BCUT2D eigenvalue weighted by atomic mass is 15.2. The van der Waals surface area contributed by atoms with E-state index in [-0.39, 0.29) is 0 Å². The van der Waals surface area contributed by atoms with Gasteiger partial charge in [0, 0.05) is 24.7 Å². The SMILES string of the molecule is CC(C)N1CCC(NC2CC2(C)C)C1. The lowest BCUT2D eigenvalue weighted by atomic mass is 10.1. The molecule has 14 heavy (non-hydrogen) atoms. The first kappa shape index (κ1) is 10.4. The van der Waals surface area contributed by atoms with Gasteiger partial charge in [0.2, 0.25) is 0 Å². The fourth-order valence-electron chi connectivity index (χ4n) is 2.43. The van der Waals surface area contributed by atoms with Crippen LogP contribution >= 0.6 is 0 Å². The summed E-state index contributed by atoms with van der Waals surface area (Å²) in [7, 11) is 0. The third kappa shape index (κ3) is 2.12. The highest BCUT2D eigenvalue weighted by molar-refractivity contribution is 5.03. The normalized spacial score (nSPS) is 36.6. The monoisotopic (exact) mass is 196 g/mol. The minimum atomic E-state index is 0.575. The average molecular weight is 196 g/mol. The van der Waals surface area contributed by atoms with Gasteiger partial charge in [-0.3, -0.25) is 4.90 Å². The standard InChI is InChI=1S/C12H24N2/c1-9(2)14-6-5-10(8-14)13-11-7-12(11,3)4/h9-11,13H,5-8H2,1-4H3. The van der Waals surface area contributed by atoms with E-state index in [0.29, 0.717) is 11.5 Å². The summed E-state index contributed by atoms with van der Waals surface area (Å²) in [5.74, 6) is 0. The lowest BCUT2D eigenvalue weighted by Gasteiger charge is -2.20. The van der Waals surface area contributed by atoms with Gasteiger partial charge in [-0.05, 0) is 38.6 Å². The number of nitrogens with zero attached hydrogens (tertiary/aromatic N) is 1. The Morgan fingerprint density at radius 3 is 2.43 bits per heavy atom. The van der Waals surface area contributed by atoms with E-state index >= 15 is 0 Å². The van der Waals surface area contributed by atoms with Crippen molar-refractivity contribution < 1.29 is 0 Å². The zero-order chi connectivity index (χ0) is 10.3. The summed E-state index contributed by atoms with van der Waals surface area (Å²) >= 11 is 0. The van der Waals surface area contributed by atoms with E-state index in [1.165, 1.54) is 25.9 Å².